The molecular weight excluding hydrogens is 271 g/mol. The summed E-state index contributed by atoms with van der Waals surface area (Å²) in [5.74, 6) is 1.16. The van der Waals surface area contributed by atoms with E-state index in [1.165, 1.54) is 0 Å². The number of ether oxygens (including phenoxy) is 1. The third-order valence-corrected chi connectivity index (χ3v) is 6.06. The van der Waals surface area contributed by atoms with Gasteiger partial charge in [0.25, 0.3) is 0 Å². The fourth-order valence-electron chi connectivity index (χ4n) is 2.03. The Balaban J connectivity index is 2.77. The maximum absolute atomic E-state index is 11.5. The molecule has 0 N–H and O–H groups in total. The Morgan fingerprint density at radius 1 is 1.38 bits per heavy atom. The molecule has 1 saturated heterocycles. The van der Waals surface area contributed by atoms with E-state index in [0.717, 1.165) is 0 Å². The fourth-order valence-corrected chi connectivity index (χ4v) is 4.85. The molecule has 96 valence electrons. The summed E-state index contributed by atoms with van der Waals surface area (Å²) in [6.45, 7) is 2.93. The highest BCUT2D eigenvalue weighted by Crippen LogP contribution is 2.38. The smallest absolute Gasteiger partial charge is 0.150 e. The van der Waals surface area contributed by atoms with Gasteiger partial charge in [-0.05, 0) is 19.3 Å². The first kappa shape index (κ1) is 14.6. The number of hydrogen-bond donors (Lipinski definition) is 0. The van der Waals surface area contributed by atoms with Gasteiger partial charge in [0.2, 0.25) is 0 Å². The zero-order valence-electron chi connectivity index (χ0n) is 9.42. The normalized spacial score (nSPS) is 24.8. The second-order valence-corrected chi connectivity index (χ2v) is 7.13. The van der Waals surface area contributed by atoms with Crippen LogP contribution in [0, 0.1) is 11.3 Å². The maximum Gasteiger partial charge on any atom is 0.150 e. The van der Waals surface area contributed by atoms with Gasteiger partial charge in [0.1, 0.15) is 0 Å². The van der Waals surface area contributed by atoms with Crippen molar-refractivity contribution in [3.05, 3.63) is 0 Å². The molecule has 16 heavy (non-hydrogen) atoms. The van der Waals surface area contributed by atoms with Crippen LogP contribution in [-0.2, 0) is 14.6 Å². The third kappa shape index (κ3) is 3.25. The Morgan fingerprint density at radius 2 is 2.00 bits per heavy atom. The minimum Gasteiger partial charge on any atom is -0.381 e. The van der Waals surface area contributed by atoms with Crippen LogP contribution in [0.1, 0.15) is 13.3 Å². The van der Waals surface area contributed by atoms with Gasteiger partial charge in [0, 0.05) is 23.8 Å². The highest BCUT2D eigenvalue weighted by molar-refractivity contribution is 7.91. The van der Waals surface area contributed by atoms with Crippen molar-refractivity contribution in [2.75, 3.05) is 36.5 Å². The molecule has 0 bridgehead atoms. The molecule has 6 heteroatoms. The lowest BCUT2D eigenvalue weighted by molar-refractivity contribution is 0.0460. The Labute approximate surface area is 107 Å². The topological polar surface area (TPSA) is 43.4 Å². The number of alkyl halides is 2. The number of rotatable bonds is 6. The summed E-state index contributed by atoms with van der Waals surface area (Å²) in [5.41, 5.74) is -0.400. The highest BCUT2D eigenvalue weighted by atomic mass is 35.5. The molecule has 0 saturated carbocycles. The van der Waals surface area contributed by atoms with Crippen LogP contribution in [0.15, 0.2) is 0 Å². The van der Waals surface area contributed by atoms with Crippen molar-refractivity contribution >= 4 is 33.0 Å². The molecule has 0 amide bonds. The van der Waals surface area contributed by atoms with Crippen LogP contribution >= 0.6 is 23.2 Å². The molecule has 0 aliphatic carbocycles. The van der Waals surface area contributed by atoms with Gasteiger partial charge in [-0.25, -0.2) is 8.42 Å². The lowest BCUT2D eigenvalue weighted by Crippen LogP contribution is -2.40. The summed E-state index contributed by atoms with van der Waals surface area (Å²) in [5, 5.41) is 0. The average molecular weight is 289 g/mol. The van der Waals surface area contributed by atoms with Crippen molar-refractivity contribution in [1.29, 1.82) is 0 Å². The molecule has 0 aromatic heterocycles. The summed E-state index contributed by atoms with van der Waals surface area (Å²) >= 11 is 11.9. The Kier molecular flexibility index (Phi) is 5.36. The molecular formula is C10H18Cl2O3S. The first-order valence-corrected chi connectivity index (χ1v) is 8.29. The van der Waals surface area contributed by atoms with Crippen LogP contribution in [0.3, 0.4) is 0 Å². The van der Waals surface area contributed by atoms with Crippen LogP contribution in [0.5, 0.6) is 0 Å². The van der Waals surface area contributed by atoms with Crippen molar-refractivity contribution < 1.29 is 13.2 Å². The molecule has 0 spiro atoms. The summed E-state index contributed by atoms with van der Waals surface area (Å²) in [6, 6.07) is 0. The van der Waals surface area contributed by atoms with E-state index in [1.54, 1.807) is 0 Å². The van der Waals surface area contributed by atoms with E-state index >= 15 is 0 Å². The number of hydrogen-bond acceptors (Lipinski definition) is 3. The lowest BCUT2D eigenvalue weighted by atomic mass is 9.79. The molecule has 1 rings (SSSR count). The van der Waals surface area contributed by atoms with Crippen molar-refractivity contribution in [2.24, 2.45) is 11.3 Å². The van der Waals surface area contributed by atoms with Crippen LogP contribution in [-0.4, -0.2) is 44.9 Å². The maximum atomic E-state index is 11.5. The van der Waals surface area contributed by atoms with E-state index in [1.807, 2.05) is 6.92 Å². The molecule has 1 aliphatic heterocycles. The SMILES string of the molecule is CCOCC(CCl)(CCl)C1CCS(=O)(=O)C1. The van der Waals surface area contributed by atoms with Gasteiger partial charge in [-0.2, -0.15) is 0 Å². The standard InChI is InChI=1S/C10H18Cl2O3S/c1-2-15-8-10(6-11,7-12)9-3-4-16(13,14)5-9/h9H,2-8H2,1H3. The van der Waals surface area contributed by atoms with Crippen molar-refractivity contribution in [1.82, 2.24) is 0 Å². The summed E-state index contributed by atoms with van der Waals surface area (Å²) in [7, 11) is -2.90. The third-order valence-electron chi connectivity index (χ3n) is 3.22. The van der Waals surface area contributed by atoms with E-state index in [-0.39, 0.29) is 17.4 Å². The van der Waals surface area contributed by atoms with Gasteiger partial charge < -0.3 is 4.74 Å². The molecule has 1 aliphatic rings. The first-order valence-electron chi connectivity index (χ1n) is 5.40. The number of sulfone groups is 1. The van der Waals surface area contributed by atoms with Crippen LogP contribution in [0.2, 0.25) is 0 Å². The monoisotopic (exact) mass is 288 g/mol. The van der Waals surface area contributed by atoms with E-state index in [2.05, 4.69) is 0 Å². The molecule has 1 fully saturated rings. The van der Waals surface area contributed by atoms with E-state index in [0.29, 0.717) is 31.4 Å². The zero-order valence-corrected chi connectivity index (χ0v) is 11.7. The van der Waals surface area contributed by atoms with Crippen LogP contribution in [0.25, 0.3) is 0 Å². The predicted molar refractivity (Wildman–Crippen MR) is 67.1 cm³/mol. The van der Waals surface area contributed by atoms with E-state index < -0.39 is 15.3 Å². The molecule has 0 aromatic carbocycles. The van der Waals surface area contributed by atoms with E-state index in [9.17, 15) is 8.42 Å². The second kappa shape index (κ2) is 5.89. The average Bonchev–Trinajstić information content (AvgIpc) is 2.62. The molecule has 0 aromatic rings. The van der Waals surface area contributed by atoms with Crippen molar-refractivity contribution in [2.45, 2.75) is 13.3 Å². The second-order valence-electron chi connectivity index (χ2n) is 4.37. The van der Waals surface area contributed by atoms with Crippen LogP contribution in [0.4, 0.5) is 0 Å². The fraction of sp³-hybridized carbons (Fsp3) is 1.00. The van der Waals surface area contributed by atoms with Gasteiger partial charge in [-0.1, -0.05) is 0 Å². The summed E-state index contributed by atoms with van der Waals surface area (Å²) in [6.07, 6.45) is 0.648. The van der Waals surface area contributed by atoms with Gasteiger partial charge in [-0.3, -0.25) is 0 Å². The van der Waals surface area contributed by atoms with E-state index in [4.69, 9.17) is 27.9 Å². The molecule has 3 nitrogen and oxygen atoms in total. The molecule has 1 heterocycles. The van der Waals surface area contributed by atoms with Gasteiger partial charge in [-0.15, -0.1) is 23.2 Å². The van der Waals surface area contributed by atoms with Gasteiger partial charge >= 0.3 is 0 Å². The van der Waals surface area contributed by atoms with Gasteiger partial charge in [0.15, 0.2) is 9.84 Å². The van der Waals surface area contributed by atoms with Crippen molar-refractivity contribution in [3.8, 4) is 0 Å². The van der Waals surface area contributed by atoms with Crippen LogP contribution < -0.4 is 0 Å². The first-order chi connectivity index (χ1) is 7.49. The molecule has 0 radical (unpaired) electrons. The predicted octanol–water partition coefficient (Wildman–Crippen LogP) is 1.92. The minimum atomic E-state index is -2.90. The highest BCUT2D eigenvalue weighted by Gasteiger charge is 2.43. The molecule has 1 atom stereocenters. The lowest BCUT2D eigenvalue weighted by Gasteiger charge is -2.34. The number of halogens is 2. The summed E-state index contributed by atoms with van der Waals surface area (Å²) in [4.78, 5) is 0. The van der Waals surface area contributed by atoms with Crippen molar-refractivity contribution in [3.63, 3.8) is 0 Å². The van der Waals surface area contributed by atoms with Gasteiger partial charge in [0.05, 0.1) is 18.1 Å². The minimum absolute atomic E-state index is 0.0269. The quantitative estimate of drug-likeness (QED) is 0.702. The zero-order chi connectivity index (χ0) is 12.2. The Morgan fingerprint density at radius 3 is 2.38 bits per heavy atom. The Bertz CT molecular complexity index is 312. The largest absolute Gasteiger partial charge is 0.381 e. The summed E-state index contributed by atoms with van der Waals surface area (Å²) < 4.78 is 28.3. The Hall–Kier alpha value is 0.490. The molecule has 1 unspecified atom stereocenters.